The minimum atomic E-state index is -0.614. The van der Waals surface area contributed by atoms with Gasteiger partial charge in [0.2, 0.25) is 0 Å². The highest BCUT2D eigenvalue weighted by atomic mass is 35.5. The quantitative estimate of drug-likeness (QED) is 0.821. The standard InChI is InChI=1S/C12H9ClFN3O/c13-9-5-7(15)1-2-8(9)12(18)17-11-3-4-16-6-10(11)14/h1-6H,15H2,(H,16,17,18). The van der Waals surface area contributed by atoms with Crippen LogP contribution in [0.2, 0.25) is 5.02 Å². The monoisotopic (exact) mass is 265 g/mol. The molecule has 0 bridgehead atoms. The van der Waals surface area contributed by atoms with Gasteiger partial charge in [-0.05, 0) is 24.3 Å². The van der Waals surface area contributed by atoms with Crippen LogP contribution >= 0.6 is 11.6 Å². The first kappa shape index (κ1) is 12.3. The number of aromatic nitrogens is 1. The third-order valence-corrected chi connectivity index (χ3v) is 2.57. The minimum Gasteiger partial charge on any atom is -0.399 e. The molecule has 1 heterocycles. The number of pyridine rings is 1. The van der Waals surface area contributed by atoms with E-state index >= 15 is 0 Å². The van der Waals surface area contributed by atoms with Crippen molar-refractivity contribution < 1.29 is 9.18 Å². The molecule has 4 nitrogen and oxygen atoms in total. The average Bonchev–Trinajstić information content (AvgIpc) is 2.32. The first-order chi connectivity index (χ1) is 8.58. The molecule has 0 spiro atoms. The van der Waals surface area contributed by atoms with Gasteiger partial charge in [-0.25, -0.2) is 4.39 Å². The Morgan fingerprint density at radius 1 is 1.39 bits per heavy atom. The zero-order valence-corrected chi connectivity index (χ0v) is 9.91. The number of nitrogens with two attached hydrogens (primary N) is 1. The molecule has 18 heavy (non-hydrogen) atoms. The van der Waals surface area contributed by atoms with E-state index in [1.807, 2.05) is 0 Å². The predicted octanol–water partition coefficient (Wildman–Crippen LogP) is 2.71. The van der Waals surface area contributed by atoms with Crippen molar-refractivity contribution in [3.05, 3.63) is 53.1 Å². The van der Waals surface area contributed by atoms with Crippen LogP contribution < -0.4 is 11.1 Å². The zero-order valence-electron chi connectivity index (χ0n) is 9.15. The van der Waals surface area contributed by atoms with Crippen LogP contribution in [0.5, 0.6) is 0 Å². The van der Waals surface area contributed by atoms with Crippen molar-refractivity contribution in [3.8, 4) is 0 Å². The summed E-state index contributed by atoms with van der Waals surface area (Å²) in [5.41, 5.74) is 6.24. The molecule has 0 aliphatic carbocycles. The molecule has 0 radical (unpaired) electrons. The number of carbonyl (C=O) groups excluding carboxylic acids is 1. The lowest BCUT2D eigenvalue weighted by Gasteiger charge is -2.07. The van der Waals surface area contributed by atoms with E-state index in [9.17, 15) is 9.18 Å². The molecule has 2 aromatic rings. The summed E-state index contributed by atoms with van der Waals surface area (Å²) in [6.07, 6.45) is 2.39. The lowest BCUT2D eigenvalue weighted by Crippen LogP contribution is -2.13. The first-order valence-corrected chi connectivity index (χ1v) is 5.41. The highest BCUT2D eigenvalue weighted by molar-refractivity contribution is 6.34. The molecule has 1 aromatic heterocycles. The molecular weight excluding hydrogens is 257 g/mol. The smallest absolute Gasteiger partial charge is 0.257 e. The SMILES string of the molecule is Nc1ccc(C(=O)Nc2ccncc2F)c(Cl)c1. The van der Waals surface area contributed by atoms with Crippen molar-refractivity contribution >= 4 is 28.9 Å². The van der Waals surface area contributed by atoms with Crippen molar-refractivity contribution in [1.82, 2.24) is 4.98 Å². The fraction of sp³-hybridized carbons (Fsp3) is 0. The van der Waals surface area contributed by atoms with Crippen molar-refractivity contribution in [2.24, 2.45) is 0 Å². The number of halogens is 2. The van der Waals surface area contributed by atoms with Gasteiger partial charge in [-0.15, -0.1) is 0 Å². The van der Waals surface area contributed by atoms with E-state index in [0.717, 1.165) is 6.20 Å². The van der Waals surface area contributed by atoms with Gasteiger partial charge < -0.3 is 11.1 Å². The van der Waals surface area contributed by atoms with Crippen LogP contribution in [0.15, 0.2) is 36.7 Å². The van der Waals surface area contributed by atoms with Gasteiger partial charge in [-0.3, -0.25) is 9.78 Å². The van der Waals surface area contributed by atoms with Gasteiger partial charge in [0.25, 0.3) is 5.91 Å². The molecule has 92 valence electrons. The Hall–Kier alpha value is -2.14. The Kier molecular flexibility index (Phi) is 3.43. The van der Waals surface area contributed by atoms with Gasteiger partial charge in [-0.1, -0.05) is 11.6 Å². The van der Waals surface area contributed by atoms with Gasteiger partial charge in [-0.2, -0.15) is 0 Å². The summed E-state index contributed by atoms with van der Waals surface area (Å²) in [4.78, 5) is 15.5. The largest absolute Gasteiger partial charge is 0.399 e. The topological polar surface area (TPSA) is 68.0 Å². The van der Waals surface area contributed by atoms with Gasteiger partial charge in [0.1, 0.15) is 0 Å². The van der Waals surface area contributed by atoms with Crippen LogP contribution in [0, 0.1) is 5.82 Å². The molecule has 1 amide bonds. The van der Waals surface area contributed by atoms with E-state index in [1.54, 1.807) is 6.07 Å². The van der Waals surface area contributed by atoms with Crippen molar-refractivity contribution in [3.63, 3.8) is 0 Å². The molecule has 6 heteroatoms. The molecule has 0 aliphatic heterocycles. The predicted molar refractivity (Wildman–Crippen MR) is 68.0 cm³/mol. The fourth-order valence-electron chi connectivity index (χ4n) is 1.38. The maximum Gasteiger partial charge on any atom is 0.257 e. The first-order valence-electron chi connectivity index (χ1n) is 5.04. The van der Waals surface area contributed by atoms with E-state index in [4.69, 9.17) is 17.3 Å². The second kappa shape index (κ2) is 5.01. The Balaban J connectivity index is 2.25. The molecule has 0 unspecified atom stereocenters. The van der Waals surface area contributed by atoms with Crippen LogP contribution in [0.1, 0.15) is 10.4 Å². The number of nitrogens with zero attached hydrogens (tertiary/aromatic N) is 1. The number of rotatable bonds is 2. The lowest BCUT2D eigenvalue weighted by atomic mass is 10.2. The van der Waals surface area contributed by atoms with Crippen LogP contribution in [0.3, 0.4) is 0 Å². The summed E-state index contributed by atoms with van der Waals surface area (Å²) in [5, 5.41) is 2.62. The van der Waals surface area contributed by atoms with Crippen LogP contribution in [0.4, 0.5) is 15.8 Å². The Labute approximate surface area is 108 Å². The third kappa shape index (κ3) is 2.57. The van der Waals surface area contributed by atoms with Gasteiger partial charge in [0, 0.05) is 11.9 Å². The number of anilines is 2. The summed E-state index contributed by atoms with van der Waals surface area (Å²) in [6, 6.07) is 5.84. The van der Waals surface area contributed by atoms with E-state index in [-0.39, 0.29) is 16.3 Å². The molecular formula is C12H9ClFN3O. The van der Waals surface area contributed by atoms with E-state index in [2.05, 4.69) is 10.3 Å². The number of carbonyl (C=O) groups is 1. The number of nitrogen functional groups attached to an aromatic ring is 1. The summed E-state index contributed by atoms with van der Waals surface area (Å²) in [6.45, 7) is 0. The Morgan fingerprint density at radius 3 is 2.83 bits per heavy atom. The molecule has 0 fully saturated rings. The van der Waals surface area contributed by atoms with E-state index in [0.29, 0.717) is 5.69 Å². The van der Waals surface area contributed by atoms with E-state index < -0.39 is 11.7 Å². The van der Waals surface area contributed by atoms with Crippen molar-refractivity contribution in [2.45, 2.75) is 0 Å². The van der Waals surface area contributed by atoms with Gasteiger partial charge >= 0.3 is 0 Å². The zero-order chi connectivity index (χ0) is 13.1. The third-order valence-electron chi connectivity index (χ3n) is 2.26. The van der Waals surface area contributed by atoms with Gasteiger partial charge in [0.15, 0.2) is 5.82 Å². The van der Waals surface area contributed by atoms with Gasteiger partial charge in [0.05, 0.1) is 22.5 Å². The molecule has 0 saturated heterocycles. The Morgan fingerprint density at radius 2 is 2.17 bits per heavy atom. The maximum atomic E-state index is 13.3. The second-order valence-electron chi connectivity index (χ2n) is 3.55. The average molecular weight is 266 g/mol. The summed E-state index contributed by atoms with van der Waals surface area (Å²) < 4.78 is 13.3. The summed E-state index contributed by atoms with van der Waals surface area (Å²) >= 11 is 5.88. The molecule has 0 aliphatic rings. The van der Waals surface area contributed by atoms with Crippen molar-refractivity contribution in [1.29, 1.82) is 0 Å². The number of amides is 1. The number of hydrogen-bond donors (Lipinski definition) is 2. The normalized spacial score (nSPS) is 10.1. The molecule has 0 atom stereocenters. The molecule has 3 N–H and O–H groups in total. The van der Waals surface area contributed by atoms with E-state index in [1.165, 1.54) is 24.4 Å². The maximum absolute atomic E-state index is 13.3. The highest BCUT2D eigenvalue weighted by Gasteiger charge is 2.12. The number of nitrogens with one attached hydrogen (secondary N) is 1. The summed E-state index contributed by atoms with van der Waals surface area (Å²) in [5.74, 6) is -1.12. The minimum absolute atomic E-state index is 0.0443. The van der Waals surface area contributed by atoms with Crippen molar-refractivity contribution in [2.75, 3.05) is 11.1 Å². The number of benzene rings is 1. The fourth-order valence-corrected chi connectivity index (χ4v) is 1.66. The van der Waals surface area contributed by atoms with Crippen LogP contribution in [-0.4, -0.2) is 10.9 Å². The molecule has 1 aromatic carbocycles. The Bertz CT molecular complexity index is 604. The molecule has 0 saturated carbocycles. The van der Waals surface area contributed by atoms with Crippen LogP contribution in [-0.2, 0) is 0 Å². The highest BCUT2D eigenvalue weighted by Crippen LogP contribution is 2.21. The lowest BCUT2D eigenvalue weighted by molar-refractivity contribution is 0.102. The summed E-state index contributed by atoms with van der Waals surface area (Å²) in [7, 11) is 0. The second-order valence-corrected chi connectivity index (χ2v) is 3.96. The number of hydrogen-bond acceptors (Lipinski definition) is 3. The molecule has 2 rings (SSSR count). The van der Waals surface area contributed by atoms with Crippen LogP contribution in [0.25, 0.3) is 0 Å².